The van der Waals surface area contributed by atoms with Crippen molar-refractivity contribution in [2.75, 3.05) is 49.4 Å². The van der Waals surface area contributed by atoms with Crippen molar-refractivity contribution in [2.24, 2.45) is 0 Å². The maximum atomic E-state index is 6.14. The van der Waals surface area contributed by atoms with E-state index in [9.17, 15) is 0 Å². The average Bonchev–Trinajstić information content (AvgIpc) is 3.81. The van der Waals surface area contributed by atoms with Gasteiger partial charge in [-0.25, -0.2) is 0 Å². The second kappa shape index (κ2) is 10.8. The van der Waals surface area contributed by atoms with Crippen molar-refractivity contribution in [3.05, 3.63) is 107 Å². The monoisotopic (exact) mass is 614 g/mol. The smallest absolute Gasteiger partial charge is 0.119 e. The molecule has 0 aromatic heterocycles. The molecular formula is C34H30O3S4. The van der Waals surface area contributed by atoms with Gasteiger partial charge in [0.2, 0.25) is 0 Å². The molecule has 3 nitrogen and oxygen atoms in total. The minimum Gasteiger partial charge on any atom is -0.491 e. The zero-order valence-electron chi connectivity index (χ0n) is 22.6. The van der Waals surface area contributed by atoms with Crippen molar-refractivity contribution in [1.82, 2.24) is 0 Å². The summed E-state index contributed by atoms with van der Waals surface area (Å²) in [5, 5.41) is 0. The van der Waals surface area contributed by atoms with Crippen LogP contribution in [0, 0.1) is 0 Å². The molecule has 0 amide bonds. The Morgan fingerprint density at radius 1 is 0.463 bits per heavy atom. The van der Waals surface area contributed by atoms with Crippen molar-refractivity contribution in [1.29, 1.82) is 0 Å². The number of fused-ring (bicyclic) bond motifs is 10. The van der Waals surface area contributed by atoms with Gasteiger partial charge >= 0.3 is 0 Å². The van der Waals surface area contributed by atoms with Gasteiger partial charge in [-0.2, -0.15) is 0 Å². The zero-order chi connectivity index (χ0) is 27.3. The summed E-state index contributed by atoms with van der Waals surface area (Å²) in [6, 6.07) is 30.9. The summed E-state index contributed by atoms with van der Waals surface area (Å²) in [6.07, 6.45) is 0. The van der Waals surface area contributed by atoms with E-state index in [0.717, 1.165) is 11.5 Å². The van der Waals surface area contributed by atoms with E-state index >= 15 is 0 Å². The van der Waals surface area contributed by atoms with Crippen molar-refractivity contribution >= 4 is 47.0 Å². The van der Waals surface area contributed by atoms with Gasteiger partial charge in [0.1, 0.15) is 32.9 Å². The Balaban J connectivity index is 0.859. The Bertz CT molecular complexity index is 1490. The fourth-order valence-electron chi connectivity index (χ4n) is 6.53. The van der Waals surface area contributed by atoms with Crippen molar-refractivity contribution in [3.63, 3.8) is 0 Å². The van der Waals surface area contributed by atoms with Crippen LogP contribution < -0.4 is 9.47 Å². The normalized spacial score (nSPS) is 18.3. The molecule has 0 unspecified atom stereocenters. The molecule has 2 aliphatic heterocycles. The molecule has 2 saturated heterocycles. The molecule has 0 atom stereocenters. The predicted molar refractivity (Wildman–Crippen MR) is 177 cm³/mol. The van der Waals surface area contributed by atoms with E-state index < -0.39 is 0 Å². The first-order valence-corrected chi connectivity index (χ1v) is 18.1. The van der Waals surface area contributed by atoms with Crippen LogP contribution in [-0.4, -0.2) is 49.4 Å². The summed E-state index contributed by atoms with van der Waals surface area (Å²) in [5.41, 5.74) is 11.0. The van der Waals surface area contributed by atoms with Gasteiger partial charge in [-0.1, -0.05) is 60.7 Å². The van der Waals surface area contributed by atoms with Gasteiger partial charge in [0, 0.05) is 23.0 Å². The molecule has 0 radical (unpaired) electrons. The molecule has 0 N–H and O–H groups in total. The van der Waals surface area contributed by atoms with E-state index in [-0.39, 0.29) is 8.16 Å². The highest BCUT2D eigenvalue weighted by atomic mass is 32.2. The molecule has 208 valence electrons. The molecular weight excluding hydrogens is 585 g/mol. The largest absolute Gasteiger partial charge is 0.491 e. The average molecular weight is 615 g/mol. The maximum Gasteiger partial charge on any atom is 0.119 e. The minimum absolute atomic E-state index is 0.00820. The Hall–Kier alpha value is -2.16. The predicted octanol–water partition coefficient (Wildman–Crippen LogP) is 8.48. The summed E-state index contributed by atoms with van der Waals surface area (Å²) >= 11 is 8.23. The SMILES string of the molecule is c1ccc2c(c1)-c1ccc(OCCOCCOc3ccc4c(c3)C3(SCCS3)c3ccccc3-4)cc1C21SCCS1. The lowest BCUT2D eigenvalue weighted by Gasteiger charge is -2.25. The van der Waals surface area contributed by atoms with Crippen LogP contribution in [-0.2, 0) is 12.9 Å². The van der Waals surface area contributed by atoms with Gasteiger partial charge in [-0.15, -0.1) is 47.0 Å². The molecule has 4 aliphatic rings. The Kier molecular flexibility index (Phi) is 7.00. The number of rotatable bonds is 8. The van der Waals surface area contributed by atoms with E-state index in [4.69, 9.17) is 14.2 Å². The molecule has 0 bridgehead atoms. The second-order valence-corrected chi connectivity index (χ2v) is 16.2. The molecule has 7 heteroatoms. The maximum absolute atomic E-state index is 6.14. The third-order valence-corrected chi connectivity index (χ3v) is 15.2. The summed E-state index contributed by atoms with van der Waals surface area (Å²) in [7, 11) is 0. The summed E-state index contributed by atoms with van der Waals surface area (Å²) in [6.45, 7) is 2.11. The first-order chi connectivity index (χ1) is 20.3. The molecule has 2 aliphatic carbocycles. The quantitative estimate of drug-likeness (QED) is 0.184. The van der Waals surface area contributed by atoms with Gasteiger partial charge in [-0.3, -0.25) is 0 Å². The molecule has 0 saturated carbocycles. The fraction of sp³-hybridized carbons (Fsp3) is 0.294. The third kappa shape index (κ3) is 4.34. The van der Waals surface area contributed by atoms with Crippen LogP contribution in [0.4, 0.5) is 0 Å². The van der Waals surface area contributed by atoms with Crippen LogP contribution in [0.3, 0.4) is 0 Å². The number of hydrogen-bond acceptors (Lipinski definition) is 7. The van der Waals surface area contributed by atoms with Gasteiger partial charge in [0.25, 0.3) is 0 Å². The van der Waals surface area contributed by atoms with Crippen LogP contribution in [0.2, 0.25) is 0 Å². The Labute approximate surface area is 258 Å². The number of thioether (sulfide) groups is 4. The second-order valence-electron chi connectivity index (χ2n) is 10.4. The Morgan fingerprint density at radius 2 is 0.878 bits per heavy atom. The molecule has 2 spiro atoms. The van der Waals surface area contributed by atoms with Gasteiger partial charge in [-0.05, 0) is 68.8 Å². The number of benzene rings is 4. The summed E-state index contributed by atoms with van der Waals surface area (Å²) < 4.78 is 18.2. The summed E-state index contributed by atoms with van der Waals surface area (Å²) in [4.78, 5) is 0. The summed E-state index contributed by atoms with van der Waals surface area (Å²) in [5.74, 6) is 6.54. The van der Waals surface area contributed by atoms with Crippen LogP contribution >= 0.6 is 47.0 Å². The zero-order valence-corrected chi connectivity index (χ0v) is 25.9. The Morgan fingerprint density at radius 3 is 1.34 bits per heavy atom. The lowest BCUT2D eigenvalue weighted by atomic mass is 10.1. The van der Waals surface area contributed by atoms with Crippen molar-refractivity contribution in [3.8, 4) is 33.8 Å². The molecule has 41 heavy (non-hydrogen) atoms. The first-order valence-electron chi connectivity index (χ1n) is 14.2. The highest BCUT2D eigenvalue weighted by Gasteiger charge is 2.48. The number of hydrogen-bond donors (Lipinski definition) is 0. The van der Waals surface area contributed by atoms with Crippen LogP contribution in [0.25, 0.3) is 22.3 Å². The molecule has 4 aromatic rings. The van der Waals surface area contributed by atoms with Gasteiger partial charge < -0.3 is 14.2 Å². The van der Waals surface area contributed by atoms with Crippen LogP contribution in [0.5, 0.6) is 11.5 Å². The van der Waals surface area contributed by atoms with Crippen LogP contribution in [0.1, 0.15) is 22.3 Å². The standard InChI is InChI=1S/C34H30O3S4/c1-3-7-29-25(5-1)27-11-9-23(21-31(27)33(29)38-17-18-39-33)36-15-13-35-14-16-37-24-10-12-28-26-6-2-4-8-30(26)34(32(28)22-24)40-19-20-41-34/h1-12,21-22H,13-20H2. The molecule has 8 rings (SSSR count). The highest BCUT2D eigenvalue weighted by Crippen LogP contribution is 2.65. The van der Waals surface area contributed by atoms with Crippen LogP contribution in [0.15, 0.2) is 84.9 Å². The van der Waals surface area contributed by atoms with E-state index in [2.05, 4.69) is 132 Å². The molecule has 2 heterocycles. The minimum atomic E-state index is 0.00820. The van der Waals surface area contributed by atoms with Gasteiger partial charge in [0.15, 0.2) is 0 Å². The van der Waals surface area contributed by atoms with Gasteiger partial charge in [0.05, 0.1) is 13.2 Å². The lowest BCUT2D eigenvalue weighted by molar-refractivity contribution is 0.0764. The fourth-order valence-corrected chi connectivity index (χ4v) is 13.3. The van der Waals surface area contributed by atoms with Crippen molar-refractivity contribution < 1.29 is 14.2 Å². The van der Waals surface area contributed by atoms with E-state index in [1.807, 2.05) is 0 Å². The first kappa shape index (κ1) is 26.5. The van der Waals surface area contributed by atoms with E-state index in [1.165, 1.54) is 67.5 Å². The number of ether oxygens (including phenoxy) is 3. The topological polar surface area (TPSA) is 27.7 Å². The third-order valence-electron chi connectivity index (χ3n) is 8.22. The lowest BCUT2D eigenvalue weighted by Crippen LogP contribution is -2.14. The molecule has 2 fully saturated rings. The van der Waals surface area contributed by atoms with E-state index in [0.29, 0.717) is 26.4 Å². The van der Waals surface area contributed by atoms with E-state index in [1.54, 1.807) is 0 Å². The van der Waals surface area contributed by atoms with Crippen molar-refractivity contribution in [2.45, 2.75) is 8.16 Å². The highest BCUT2D eigenvalue weighted by molar-refractivity contribution is 8.21. The molecule has 4 aromatic carbocycles.